The van der Waals surface area contributed by atoms with Crippen LogP contribution in [0.2, 0.25) is 0 Å². The van der Waals surface area contributed by atoms with Crippen LogP contribution in [0.4, 0.5) is 5.82 Å². The Kier molecular flexibility index (Phi) is 4.53. The van der Waals surface area contributed by atoms with Gasteiger partial charge in [0, 0.05) is 18.1 Å². The number of rotatable bonds is 3. The molecular weight excluding hydrogens is 230 g/mol. The Morgan fingerprint density at radius 2 is 2.11 bits per heavy atom. The fourth-order valence-electron chi connectivity index (χ4n) is 1.66. The zero-order valence-corrected chi connectivity index (χ0v) is 11.0. The molecular formula is C12H17N5O. The molecule has 1 aromatic heterocycles. The number of anilines is 1. The number of allylic oxidation sites excluding steroid dienone is 2. The number of aryl methyl sites for hydroxylation is 1. The number of carbonyl (C=O) groups excluding carboxylic acids is 1. The minimum absolute atomic E-state index is 0.188. The second kappa shape index (κ2) is 5.90. The van der Waals surface area contributed by atoms with E-state index in [4.69, 9.17) is 5.84 Å². The van der Waals surface area contributed by atoms with Crippen LogP contribution in [0.3, 0.4) is 0 Å². The number of nitrogens with zero attached hydrogens (tertiary/aromatic N) is 3. The van der Waals surface area contributed by atoms with Gasteiger partial charge in [0.1, 0.15) is 12.1 Å². The van der Waals surface area contributed by atoms with Gasteiger partial charge in [-0.05, 0) is 20.8 Å². The van der Waals surface area contributed by atoms with Gasteiger partial charge in [0.15, 0.2) is 0 Å². The second-order valence-corrected chi connectivity index (χ2v) is 3.78. The number of nitrogens with one attached hydrogen (secondary N) is 1. The van der Waals surface area contributed by atoms with Crippen molar-refractivity contribution < 1.29 is 4.79 Å². The number of hydrogen-bond donors (Lipinski definition) is 2. The molecule has 1 rings (SSSR count). The van der Waals surface area contributed by atoms with E-state index in [0.717, 1.165) is 16.8 Å². The third kappa shape index (κ3) is 2.91. The summed E-state index contributed by atoms with van der Waals surface area (Å²) in [6, 6.07) is 0. The minimum Gasteiger partial charge on any atom is -0.323 e. The van der Waals surface area contributed by atoms with Gasteiger partial charge in [-0.3, -0.25) is 4.79 Å². The lowest BCUT2D eigenvalue weighted by Crippen LogP contribution is -2.13. The Bertz CT molecular complexity index is 519. The third-order valence-corrected chi connectivity index (χ3v) is 2.47. The number of amides is 1. The highest BCUT2D eigenvalue weighted by Crippen LogP contribution is 2.25. The molecule has 0 bridgehead atoms. The van der Waals surface area contributed by atoms with Gasteiger partial charge in [-0.2, -0.15) is 5.10 Å². The van der Waals surface area contributed by atoms with Gasteiger partial charge >= 0.3 is 0 Å². The summed E-state index contributed by atoms with van der Waals surface area (Å²) in [5, 5.41) is 6.36. The van der Waals surface area contributed by atoms with E-state index in [1.807, 2.05) is 19.9 Å². The summed E-state index contributed by atoms with van der Waals surface area (Å²) in [6.45, 7) is 6.93. The molecule has 0 spiro atoms. The molecule has 0 saturated heterocycles. The molecule has 3 N–H and O–H groups in total. The first kappa shape index (κ1) is 13.8. The average Bonchev–Trinajstić information content (AvgIpc) is 2.32. The van der Waals surface area contributed by atoms with E-state index >= 15 is 0 Å². The summed E-state index contributed by atoms with van der Waals surface area (Å²) in [4.78, 5) is 19.4. The Hall–Kier alpha value is -2.24. The monoisotopic (exact) mass is 247 g/mol. The third-order valence-electron chi connectivity index (χ3n) is 2.47. The molecule has 0 aliphatic carbocycles. The van der Waals surface area contributed by atoms with E-state index in [2.05, 4.69) is 20.4 Å². The molecule has 6 nitrogen and oxygen atoms in total. The van der Waals surface area contributed by atoms with Crippen molar-refractivity contribution in [3.63, 3.8) is 0 Å². The van der Waals surface area contributed by atoms with Crippen molar-refractivity contribution in [2.75, 3.05) is 5.32 Å². The summed E-state index contributed by atoms with van der Waals surface area (Å²) >= 11 is 0. The quantitative estimate of drug-likeness (QED) is 0.480. The zero-order valence-electron chi connectivity index (χ0n) is 11.0. The molecule has 0 radical (unpaired) electrons. The molecule has 1 amide bonds. The van der Waals surface area contributed by atoms with Gasteiger partial charge in [0.2, 0.25) is 5.91 Å². The molecule has 0 aromatic carbocycles. The van der Waals surface area contributed by atoms with Crippen molar-refractivity contribution in [2.45, 2.75) is 27.7 Å². The van der Waals surface area contributed by atoms with Gasteiger partial charge in [-0.1, -0.05) is 6.08 Å². The van der Waals surface area contributed by atoms with E-state index in [9.17, 15) is 4.79 Å². The zero-order chi connectivity index (χ0) is 13.7. The lowest BCUT2D eigenvalue weighted by atomic mass is 10.0. The molecule has 0 unspecified atom stereocenters. The molecule has 1 heterocycles. The van der Waals surface area contributed by atoms with Gasteiger partial charge in [0.05, 0.1) is 11.4 Å². The van der Waals surface area contributed by atoms with E-state index in [-0.39, 0.29) is 5.91 Å². The average molecular weight is 247 g/mol. The van der Waals surface area contributed by atoms with Crippen LogP contribution in [0.25, 0.3) is 5.57 Å². The van der Waals surface area contributed by atoms with Gasteiger partial charge in [-0.25, -0.2) is 9.97 Å². The molecule has 96 valence electrons. The van der Waals surface area contributed by atoms with Crippen LogP contribution in [0, 0.1) is 6.92 Å². The highest BCUT2D eigenvalue weighted by Gasteiger charge is 2.15. The van der Waals surface area contributed by atoms with Crippen LogP contribution in [-0.2, 0) is 4.79 Å². The predicted molar refractivity (Wildman–Crippen MR) is 72.0 cm³/mol. The maximum atomic E-state index is 11.2. The first-order valence-electron chi connectivity index (χ1n) is 5.52. The van der Waals surface area contributed by atoms with Gasteiger partial charge in [0.25, 0.3) is 0 Å². The standard InChI is InChI=1S/C12H17N5O/c1-5-10(7(2)17-13)11-8(3)14-6-15-12(11)16-9(4)18/h5-6H,13H2,1-4H3,(H,14,15,16,18)/b10-5-,17-7+. The molecule has 0 aliphatic heterocycles. The van der Waals surface area contributed by atoms with Gasteiger partial charge in [-0.15, -0.1) is 0 Å². The summed E-state index contributed by atoms with van der Waals surface area (Å²) in [6.07, 6.45) is 3.27. The van der Waals surface area contributed by atoms with Crippen molar-refractivity contribution in [1.82, 2.24) is 9.97 Å². The number of hydrogen-bond acceptors (Lipinski definition) is 5. The van der Waals surface area contributed by atoms with Crippen molar-refractivity contribution >= 4 is 23.0 Å². The van der Waals surface area contributed by atoms with Crippen LogP contribution in [0.15, 0.2) is 17.5 Å². The fraction of sp³-hybridized carbons (Fsp3) is 0.333. The maximum absolute atomic E-state index is 11.2. The Morgan fingerprint density at radius 3 is 2.61 bits per heavy atom. The summed E-state index contributed by atoms with van der Waals surface area (Å²) in [5.41, 5.74) is 2.95. The number of carbonyl (C=O) groups is 1. The number of aromatic nitrogens is 2. The van der Waals surface area contributed by atoms with E-state index < -0.39 is 0 Å². The Morgan fingerprint density at radius 1 is 1.44 bits per heavy atom. The fourth-order valence-corrected chi connectivity index (χ4v) is 1.66. The molecule has 0 atom stereocenters. The van der Waals surface area contributed by atoms with Crippen molar-refractivity contribution in [1.29, 1.82) is 0 Å². The normalized spacial score (nSPS) is 12.4. The lowest BCUT2D eigenvalue weighted by Gasteiger charge is -2.13. The molecule has 18 heavy (non-hydrogen) atoms. The van der Waals surface area contributed by atoms with Crippen LogP contribution >= 0.6 is 0 Å². The summed E-state index contributed by atoms with van der Waals surface area (Å²) in [7, 11) is 0. The van der Waals surface area contributed by atoms with Crippen LogP contribution in [0.1, 0.15) is 32.0 Å². The topological polar surface area (TPSA) is 93.3 Å². The second-order valence-electron chi connectivity index (χ2n) is 3.78. The van der Waals surface area contributed by atoms with Crippen molar-refractivity contribution in [3.8, 4) is 0 Å². The number of hydrazone groups is 1. The molecule has 0 fully saturated rings. The van der Waals surface area contributed by atoms with E-state index in [1.54, 1.807) is 6.92 Å². The largest absolute Gasteiger partial charge is 0.323 e. The van der Waals surface area contributed by atoms with Crippen molar-refractivity contribution in [2.24, 2.45) is 10.9 Å². The van der Waals surface area contributed by atoms with Gasteiger partial charge < -0.3 is 11.2 Å². The summed E-state index contributed by atoms with van der Waals surface area (Å²) < 4.78 is 0. The highest BCUT2D eigenvalue weighted by atomic mass is 16.1. The van der Waals surface area contributed by atoms with Crippen LogP contribution in [0.5, 0.6) is 0 Å². The Labute approximate surface area is 106 Å². The van der Waals surface area contributed by atoms with Crippen LogP contribution < -0.4 is 11.2 Å². The Balaban J connectivity index is 3.42. The smallest absolute Gasteiger partial charge is 0.222 e. The first-order chi connectivity index (χ1) is 8.51. The summed E-state index contributed by atoms with van der Waals surface area (Å²) in [5.74, 6) is 5.58. The first-order valence-corrected chi connectivity index (χ1v) is 5.52. The lowest BCUT2D eigenvalue weighted by molar-refractivity contribution is -0.114. The maximum Gasteiger partial charge on any atom is 0.222 e. The predicted octanol–water partition coefficient (Wildman–Crippen LogP) is 1.48. The highest BCUT2D eigenvalue weighted by molar-refractivity contribution is 6.24. The minimum atomic E-state index is -0.188. The number of nitrogens with two attached hydrogens (primary N) is 1. The van der Waals surface area contributed by atoms with Crippen LogP contribution in [-0.4, -0.2) is 21.6 Å². The van der Waals surface area contributed by atoms with E-state index in [0.29, 0.717) is 11.5 Å². The van der Waals surface area contributed by atoms with Crippen molar-refractivity contribution in [3.05, 3.63) is 23.7 Å². The SMILES string of the molecule is C/C=C(/C(C)=N/N)c1c(C)ncnc1NC(C)=O. The molecule has 0 aliphatic rings. The molecule has 6 heteroatoms. The molecule has 0 saturated carbocycles. The van der Waals surface area contributed by atoms with E-state index in [1.165, 1.54) is 13.3 Å². The molecule has 1 aromatic rings.